The van der Waals surface area contributed by atoms with E-state index in [4.69, 9.17) is 11.6 Å². The lowest BCUT2D eigenvalue weighted by Crippen LogP contribution is -2.57. The Morgan fingerprint density at radius 3 is 2.36 bits per heavy atom. The van der Waals surface area contributed by atoms with Crippen molar-refractivity contribution < 1.29 is 4.79 Å². The van der Waals surface area contributed by atoms with Crippen LogP contribution in [-0.4, -0.2) is 59.5 Å². The van der Waals surface area contributed by atoms with Crippen LogP contribution in [0.3, 0.4) is 0 Å². The van der Waals surface area contributed by atoms with E-state index in [0.29, 0.717) is 12.0 Å². The van der Waals surface area contributed by atoms with Gasteiger partial charge in [0.2, 0.25) is 5.91 Å². The van der Waals surface area contributed by atoms with E-state index in [2.05, 4.69) is 11.8 Å². The van der Waals surface area contributed by atoms with Crippen LogP contribution >= 0.6 is 0 Å². The number of hydrogen-bond donors (Lipinski definition) is 2. The Bertz CT molecular complexity index is 471. The molecule has 0 aromatic carbocycles. The lowest BCUT2D eigenvalue weighted by Gasteiger charge is -2.48. The van der Waals surface area contributed by atoms with Gasteiger partial charge >= 0.3 is 0 Å². The van der Waals surface area contributed by atoms with Crippen molar-refractivity contribution in [1.82, 2.24) is 14.8 Å². The minimum Gasteiger partial charge on any atom is -0.401 e. The zero-order valence-corrected chi connectivity index (χ0v) is 16.5. The average Bonchev–Trinajstić information content (AvgIpc) is 2.50. The molecule has 0 bridgehead atoms. The molecule has 0 spiro atoms. The van der Waals surface area contributed by atoms with Crippen molar-refractivity contribution in [3.63, 3.8) is 0 Å². The van der Waals surface area contributed by atoms with Crippen LogP contribution < -0.4 is 11.6 Å². The molecule has 2 fully saturated rings. The van der Waals surface area contributed by atoms with E-state index in [1.807, 2.05) is 31.9 Å². The molecule has 0 unspecified atom stereocenters. The Labute approximate surface area is 153 Å². The number of carbonyl (C=O) groups is 1. The number of amides is 1. The number of piperidine rings is 1. The number of rotatable bonds is 6. The van der Waals surface area contributed by atoms with E-state index in [9.17, 15) is 4.79 Å². The highest BCUT2D eigenvalue weighted by molar-refractivity contribution is 5.81. The van der Waals surface area contributed by atoms with E-state index in [-0.39, 0.29) is 11.3 Å². The fourth-order valence-corrected chi connectivity index (χ4v) is 3.63. The molecule has 6 heteroatoms. The Morgan fingerprint density at radius 1 is 1.24 bits per heavy atom. The third-order valence-electron chi connectivity index (χ3n) is 5.38. The first kappa shape index (κ1) is 20.0. The molecule has 2 aliphatic rings. The van der Waals surface area contributed by atoms with E-state index in [1.165, 1.54) is 0 Å². The molecule has 144 valence electrons. The minimum atomic E-state index is -0.278. The second-order valence-corrected chi connectivity index (χ2v) is 8.64. The largest absolute Gasteiger partial charge is 0.401 e. The summed E-state index contributed by atoms with van der Waals surface area (Å²) >= 11 is 0. The third-order valence-corrected chi connectivity index (χ3v) is 5.38. The van der Waals surface area contributed by atoms with Gasteiger partial charge in [0.15, 0.2) is 0 Å². The van der Waals surface area contributed by atoms with Gasteiger partial charge in [0.1, 0.15) is 0 Å². The highest BCUT2D eigenvalue weighted by Crippen LogP contribution is 2.29. The molecular formula is C19H37N5O. The molecule has 2 heterocycles. The van der Waals surface area contributed by atoms with Crippen LogP contribution in [0.4, 0.5) is 0 Å². The Morgan fingerprint density at radius 2 is 1.84 bits per heavy atom. The van der Waals surface area contributed by atoms with Crippen molar-refractivity contribution in [3.8, 4) is 0 Å². The van der Waals surface area contributed by atoms with Gasteiger partial charge in [-0.05, 0) is 19.3 Å². The lowest BCUT2D eigenvalue weighted by atomic mass is 9.89. The van der Waals surface area contributed by atoms with Crippen LogP contribution in [0.2, 0.25) is 0 Å². The van der Waals surface area contributed by atoms with Crippen molar-refractivity contribution in [2.24, 2.45) is 22.9 Å². The number of carbonyl (C=O) groups excluding carboxylic acids is 1. The van der Waals surface area contributed by atoms with Crippen molar-refractivity contribution in [3.05, 3.63) is 11.9 Å². The fraction of sp³-hybridized carbons (Fsp3) is 0.842. The van der Waals surface area contributed by atoms with E-state index < -0.39 is 0 Å². The average molecular weight is 352 g/mol. The number of unbranched alkanes of at least 4 members (excludes halogenated alkanes) is 1. The third kappa shape index (κ3) is 5.35. The molecule has 25 heavy (non-hydrogen) atoms. The van der Waals surface area contributed by atoms with Gasteiger partial charge in [-0.2, -0.15) is 0 Å². The summed E-state index contributed by atoms with van der Waals surface area (Å²) in [6.45, 7) is 12.8. The van der Waals surface area contributed by atoms with Gasteiger partial charge in [0.25, 0.3) is 0 Å². The normalized spacial score (nSPS) is 21.3. The maximum atomic E-state index is 12.4. The quantitative estimate of drug-likeness (QED) is 0.563. The number of hydrogen-bond acceptors (Lipinski definition) is 5. The lowest BCUT2D eigenvalue weighted by molar-refractivity contribution is -0.141. The summed E-state index contributed by atoms with van der Waals surface area (Å²) in [5.41, 5.74) is 6.83. The molecular weight excluding hydrogens is 314 g/mol. The first-order chi connectivity index (χ1) is 11.7. The maximum Gasteiger partial charge on any atom is 0.227 e. The number of hydrazine groups is 1. The molecule has 2 rings (SSSR count). The molecule has 2 aliphatic heterocycles. The highest BCUT2D eigenvalue weighted by atomic mass is 16.2. The molecule has 2 saturated heterocycles. The van der Waals surface area contributed by atoms with Crippen LogP contribution in [0.1, 0.15) is 53.4 Å². The van der Waals surface area contributed by atoms with E-state index in [1.54, 1.807) is 5.01 Å². The van der Waals surface area contributed by atoms with Gasteiger partial charge in [-0.15, -0.1) is 0 Å². The van der Waals surface area contributed by atoms with Crippen LogP contribution in [0.5, 0.6) is 0 Å². The zero-order valence-electron chi connectivity index (χ0n) is 16.5. The van der Waals surface area contributed by atoms with Gasteiger partial charge in [-0.3, -0.25) is 9.69 Å². The summed E-state index contributed by atoms with van der Waals surface area (Å²) in [4.78, 5) is 16.9. The minimum absolute atomic E-state index is 0.273. The maximum absolute atomic E-state index is 12.4. The van der Waals surface area contributed by atoms with Crippen LogP contribution in [0.25, 0.3) is 0 Å². The smallest absolute Gasteiger partial charge is 0.227 e. The molecule has 0 aliphatic carbocycles. The van der Waals surface area contributed by atoms with Gasteiger partial charge in [-0.25, -0.2) is 5.84 Å². The predicted molar refractivity (Wildman–Crippen MR) is 102 cm³/mol. The molecule has 4 N–H and O–H groups in total. The highest BCUT2D eigenvalue weighted by Gasteiger charge is 2.37. The standard InChI is InChI=1S/C19H37N5O/c1-5-6-9-24(21)14-17(20)15-12-23(13-15)16-7-10-22(11-8-16)18(25)19(2,3)4/h14-16H,5-13,20-21H2,1-4H3/b17-14-. The van der Waals surface area contributed by atoms with Crippen molar-refractivity contribution in [2.75, 3.05) is 32.7 Å². The van der Waals surface area contributed by atoms with Gasteiger partial charge < -0.3 is 15.6 Å². The molecule has 6 nitrogen and oxygen atoms in total. The van der Waals surface area contributed by atoms with Crippen LogP contribution in [-0.2, 0) is 4.79 Å². The molecule has 0 radical (unpaired) electrons. The number of likely N-dealkylation sites (tertiary alicyclic amines) is 2. The van der Waals surface area contributed by atoms with Gasteiger partial charge in [0, 0.05) is 62.0 Å². The number of nitrogens with zero attached hydrogens (tertiary/aromatic N) is 3. The Balaban J connectivity index is 1.73. The van der Waals surface area contributed by atoms with Crippen molar-refractivity contribution in [1.29, 1.82) is 0 Å². The fourth-order valence-electron chi connectivity index (χ4n) is 3.63. The summed E-state index contributed by atoms with van der Waals surface area (Å²) < 4.78 is 0. The van der Waals surface area contributed by atoms with Crippen molar-refractivity contribution >= 4 is 5.91 Å². The summed E-state index contributed by atoms with van der Waals surface area (Å²) in [6, 6.07) is 0.585. The first-order valence-corrected chi connectivity index (χ1v) is 9.74. The monoisotopic (exact) mass is 351 g/mol. The first-order valence-electron chi connectivity index (χ1n) is 9.74. The van der Waals surface area contributed by atoms with Gasteiger partial charge in [0.05, 0.1) is 0 Å². The summed E-state index contributed by atoms with van der Waals surface area (Å²) in [6.07, 6.45) is 6.26. The topological polar surface area (TPSA) is 78.8 Å². The number of nitrogens with two attached hydrogens (primary N) is 2. The van der Waals surface area contributed by atoms with Gasteiger partial charge in [-0.1, -0.05) is 34.1 Å². The zero-order chi connectivity index (χ0) is 18.6. The molecule has 0 aromatic heterocycles. The summed E-state index contributed by atoms with van der Waals surface area (Å²) in [5.74, 6) is 6.65. The predicted octanol–water partition coefficient (Wildman–Crippen LogP) is 1.73. The van der Waals surface area contributed by atoms with Crippen LogP contribution in [0, 0.1) is 11.3 Å². The summed E-state index contributed by atoms with van der Waals surface area (Å²) in [5, 5.41) is 1.72. The van der Waals surface area contributed by atoms with E-state index >= 15 is 0 Å². The molecule has 0 saturated carbocycles. The van der Waals surface area contributed by atoms with Crippen LogP contribution in [0.15, 0.2) is 11.9 Å². The Hall–Kier alpha value is -1.27. The SMILES string of the molecule is CCCCN(N)/C=C(\N)C1CN(C2CCN(C(=O)C(C)(C)C)CC2)C1. The molecule has 0 atom stereocenters. The second kappa shape index (κ2) is 8.41. The molecule has 1 amide bonds. The Kier molecular flexibility index (Phi) is 6.74. The van der Waals surface area contributed by atoms with Crippen molar-refractivity contribution in [2.45, 2.75) is 59.4 Å². The summed E-state index contributed by atoms with van der Waals surface area (Å²) in [7, 11) is 0. The molecule has 0 aromatic rings. The second-order valence-electron chi connectivity index (χ2n) is 8.64. The van der Waals surface area contributed by atoms with E-state index in [0.717, 1.165) is 64.1 Å².